The predicted molar refractivity (Wildman–Crippen MR) is 152 cm³/mol. The van der Waals surface area contributed by atoms with Crippen LogP contribution in [0.1, 0.15) is 54.9 Å². The first-order valence-corrected chi connectivity index (χ1v) is 14.3. The molecular weight excluding hydrogens is 488 g/mol. The average molecular weight is 527 g/mol. The molecule has 0 spiro atoms. The Bertz CT molecular complexity index is 1380. The number of nitrogens with zero attached hydrogens (tertiary/aromatic N) is 2. The number of aliphatic hydroxyl groups is 1. The van der Waals surface area contributed by atoms with Gasteiger partial charge in [-0.15, -0.1) is 0 Å². The van der Waals surface area contributed by atoms with Gasteiger partial charge < -0.3 is 19.6 Å². The number of hydrogen-bond donors (Lipinski definition) is 1. The van der Waals surface area contributed by atoms with Crippen LogP contribution in [-0.2, 0) is 10.2 Å². The first-order valence-electron chi connectivity index (χ1n) is 14.3. The van der Waals surface area contributed by atoms with E-state index in [9.17, 15) is 14.7 Å². The second kappa shape index (κ2) is 10.4. The third kappa shape index (κ3) is 5.20. The lowest BCUT2D eigenvalue weighted by molar-refractivity contribution is -0.131. The van der Waals surface area contributed by atoms with Gasteiger partial charge in [0, 0.05) is 50.0 Å². The summed E-state index contributed by atoms with van der Waals surface area (Å²) in [6, 6.07) is 21.7. The number of ether oxygens (including phenoxy) is 1. The molecule has 1 heterocycles. The van der Waals surface area contributed by atoms with Crippen LogP contribution in [0.4, 0.5) is 0 Å². The van der Waals surface area contributed by atoms with E-state index in [-0.39, 0.29) is 29.3 Å². The molecule has 2 saturated carbocycles. The Morgan fingerprint density at radius 3 is 2.62 bits per heavy atom. The SMILES string of the molecule is CC(=O)Oc1cccc(C23CCN(CC4CC4)CC2C(O)CC(N(C)C(=O)c2ccc4ccccc4c2)C3)c1. The molecule has 1 aliphatic heterocycles. The summed E-state index contributed by atoms with van der Waals surface area (Å²) < 4.78 is 5.46. The Balaban J connectivity index is 1.31. The van der Waals surface area contributed by atoms with Crippen molar-refractivity contribution in [1.82, 2.24) is 9.80 Å². The summed E-state index contributed by atoms with van der Waals surface area (Å²) in [7, 11) is 1.88. The molecule has 39 heavy (non-hydrogen) atoms. The topological polar surface area (TPSA) is 70.1 Å². The summed E-state index contributed by atoms with van der Waals surface area (Å²) in [5, 5.41) is 13.8. The van der Waals surface area contributed by atoms with E-state index in [4.69, 9.17) is 4.74 Å². The van der Waals surface area contributed by atoms with Gasteiger partial charge in [0.1, 0.15) is 5.75 Å². The minimum absolute atomic E-state index is 0.0219. The molecule has 1 N–H and O–H groups in total. The second-order valence-electron chi connectivity index (χ2n) is 12.0. The van der Waals surface area contributed by atoms with E-state index in [0.29, 0.717) is 17.7 Å². The first kappa shape index (κ1) is 26.0. The van der Waals surface area contributed by atoms with E-state index in [2.05, 4.69) is 11.0 Å². The lowest BCUT2D eigenvalue weighted by Crippen LogP contribution is -2.61. The number of piperidine rings is 1. The highest BCUT2D eigenvalue weighted by molar-refractivity contribution is 5.98. The van der Waals surface area contributed by atoms with Crippen molar-refractivity contribution in [2.45, 2.75) is 56.6 Å². The highest BCUT2D eigenvalue weighted by Crippen LogP contribution is 2.51. The number of rotatable bonds is 6. The zero-order valence-electron chi connectivity index (χ0n) is 22.9. The van der Waals surface area contributed by atoms with Crippen LogP contribution < -0.4 is 4.74 Å². The molecule has 4 unspecified atom stereocenters. The number of carbonyl (C=O) groups excluding carboxylic acids is 2. The summed E-state index contributed by atoms with van der Waals surface area (Å²) in [5.41, 5.74) is 1.45. The van der Waals surface area contributed by atoms with Gasteiger partial charge in [-0.25, -0.2) is 0 Å². The van der Waals surface area contributed by atoms with Gasteiger partial charge in [-0.1, -0.05) is 42.5 Å². The largest absolute Gasteiger partial charge is 0.427 e. The maximum atomic E-state index is 13.7. The third-order valence-corrected chi connectivity index (χ3v) is 9.37. The predicted octanol–water partition coefficient (Wildman–Crippen LogP) is 5.03. The number of benzene rings is 3. The van der Waals surface area contributed by atoms with Crippen LogP contribution in [-0.4, -0.2) is 65.6 Å². The van der Waals surface area contributed by atoms with Crippen LogP contribution in [0, 0.1) is 11.8 Å². The van der Waals surface area contributed by atoms with Crippen LogP contribution in [0.2, 0.25) is 0 Å². The summed E-state index contributed by atoms with van der Waals surface area (Å²) >= 11 is 0. The Hall–Kier alpha value is -3.22. The van der Waals surface area contributed by atoms with E-state index in [1.54, 1.807) is 0 Å². The lowest BCUT2D eigenvalue weighted by Gasteiger charge is -2.56. The molecule has 1 amide bonds. The Kier molecular flexibility index (Phi) is 6.94. The van der Waals surface area contributed by atoms with Crippen molar-refractivity contribution in [3.05, 3.63) is 77.9 Å². The van der Waals surface area contributed by atoms with Crippen LogP contribution in [0.25, 0.3) is 10.8 Å². The lowest BCUT2D eigenvalue weighted by atomic mass is 9.56. The maximum absolute atomic E-state index is 13.7. The van der Waals surface area contributed by atoms with Crippen molar-refractivity contribution < 1.29 is 19.4 Å². The fourth-order valence-corrected chi connectivity index (χ4v) is 7.11. The fraction of sp³-hybridized carbons (Fsp3) is 0.455. The Labute approximate surface area is 230 Å². The van der Waals surface area contributed by atoms with Crippen LogP contribution >= 0.6 is 0 Å². The van der Waals surface area contributed by atoms with E-state index < -0.39 is 6.10 Å². The molecule has 0 aromatic heterocycles. The number of esters is 1. The molecule has 6 nitrogen and oxygen atoms in total. The molecule has 3 aliphatic rings. The number of amides is 1. The highest BCUT2D eigenvalue weighted by atomic mass is 16.5. The van der Waals surface area contributed by atoms with E-state index in [1.807, 2.05) is 72.6 Å². The van der Waals surface area contributed by atoms with Crippen molar-refractivity contribution in [2.75, 3.05) is 26.7 Å². The van der Waals surface area contributed by atoms with Gasteiger partial charge in [-0.2, -0.15) is 0 Å². The molecule has 1 saturated heterocycles. The van der Waals surface area contributed by atoms with Crippen LogP contribution in [0.15, 0.2) is 66.7 Å². The standard InChI is InChI=1S/C33H38N2O4/c1-22(36)39-29-9-5-8-27(17-29)33-14-15-35(20-23-10-11-23)21-30(33)31(37)18-28(19-33)34(2)32(38)26-13-12-24-6-3-4-7-25(24)16-26/h3-9,12-13,16-17,23,28,30-31,37H,10-11,14-15,18-21H2,1-2H3. The van der Waals surface area contributed by atoms with Gasteiger partial charge in [-0.3, -0.25) is 9.59 Å². The molecule has 6 rings (SSSR count). The van der Waals surface area contributed by atoms with Crippen molar-refractivity contribution in [3.8, 4) is 5.75 Å². The van der Waals surface area contributed by atoms with E-state index in [0.717, 1.165) is 54.7 Å². The highest BCUT2D eigenvalue weighted by Gasteiger charge is 2.53. The summed E-state index contributed by atoms with van der Waals surface area (Å²) in [6.07, 6.45) is 4.31. The molecule has 4 atom stereocenters. The van der Waals surface area contributed by atoms with E-state index in [1.165, 1.54) is 19.8 Å². The quantitative estimate of drug-likeness (QED) is 0.360. The van der Waals surface area contributed by atoms with Gasteiger partial charge in [-0.05, 0) is 85.2 Å². The van der Waals surface area contributed by atoms with E-state index >= 15 is 0 Å². The van der Waals surface area contributed by atoms with Gasteiger partial charge in [0.05, 0.1) is 6.10 Å². The molecule has 0 bridgehead atoms. The minimum Gasteiger partial charge on any atom is -0.427 e. The van der Waals surface area contributed by atoms with Crippen molar-refractivity contribution in [1.29, 1.82) is 0 Å². The molecule has 0 radical (unpaired) electrons. The molecular formula is C33H38N2O4. The van der Waals surface area contributed by atoms with Crippen molar-refractivity contribution in [3.63, 3.8) is 0 Å². The summed E-state index contributed by atoms with van der Waals surface area (Å²) in [5.74, 6) is 1.02. The number of likely N-dealkylation sites (tertiary alicyclic amines) is 1. The molecule has 6 heteroatoms. The molecule has 3 aromatic rings. The number of aliphatic hydroxyl groups excluding tert-OH is 1. The molecule has 3 aromatic carbocycles. The Morgan fingerprint density at radius 2 is 1.85 bits per heavy atom. The fourth-order valence-electron chi connectivity index (χ4n) is 7.11. The van der Waals surface area contributed by atoms with Gasteiger partial charge in [0.15, 0.2) is 0 Å². The summed E-state index contributed by atoms with van der Waals surface area (Å²) in [4.78, 5) is 29.8. The minimum atomic E-state index is -0.532. The normalized spacial score (nSPS) is 27.1. The van der Waals surface area contributed by atoms with Crippen molar-refractivity contribution in [2.24, 2.45) is 11.8 Å². The number of fused-ring (bicyclic) bond motifs is 2. The second-order valence-corrected chi connectivity index (χ2v) is 12.0. The zero-order chi connectivity index (χ0) is 27.1. The van der Waals surface area contributed by atoms with Crippen LogP contribution in [0.5, 0.6) is 5.75 Å². The third-order valence-electron chi connectivity index (χ3n) is 9.37. The monoisotopic (exact) mass is 526 g/mol. The van der Waals surface area contributed by atoms with Gasteiger partial charge in [0.2, 0.25) is 0 Å². The summed E-state index contributed by atoms with van der Waals surface area (Å²) in [6.45, 7) is 4.34. The van der Waals surface area contributed by atoms with Gasteiger partial charge >= 0.3 is 5.97 Å². The Morgan fingerprint density at radius 1 is 1.05 bits per heavy atom. The number of carbonyl (C=O) groups is 2. The molecule has 2 aliphatic carbocycles. The molecule has 204 valence electrons. The zero-order valence-corrected chi connectivity index (χ0v) is 22.9. The first-order chi connectivity index (χ1) is 18.8. The maximum Gasteiger partial charge on any atom is 0.308 e. The number of hydrogen-bond acceptors (Lipinski definition) is 5. The van der Waals surface area contributed by atoms with Crippen LogP contribution in [0.3, 0.4) is 0 Å². The smallest absolute Gasteiger partial charge is 0.308 e. The molecule has 3 fully saturated rings. The average Bonchev–Trinajstić information content (AvgIpc) is 3.76. The van der Waals surface area contributed by atoms with Gasteiger partial charge in [0.25, 0.3) is 5.91 Å². The van der Waals surface area contributed by atoms with Crippen molar-refractivity contribution >= 4 is 22.6 Å².